The van der Waals surface area contributed by atoms with Crippen LogP contribution < -0.4 is 4.90 Å². The maximum Gasteiger partial charge on any atom is 0.243 e. The van der Waals surface area contributed by atoms with E-state index in [9.17, 15) is 8.42 Å². The van der Waals surface area contributed by atoms with Gasteiger partial charge in [-0.05, 0) is 68.3 Å². The van der Waals surface area contributed by atoms with Crippen LogP contribution in [0.4, 0.5) is 5.82 Å². The fraction of sp³-hybridized carbons (Fsp3) is 0.292. The van der Waals surface area contributed by atoms with Gasteiger partial charge in [0.05, 0.1) is 25.8 Å². The molecule has 0 amide bonds. The Morgan fingerprint density at radius 2 is 1.64 bits per heavy atom. The first-order valence-corrected chi connectivity index (χ1v) is 13.1. The van der Waals surface area contributed by atoms with E-state index in [0.717, 1.165) is 32.3 Å². The molecule has 3 heterocycles. The van der Waals surface area contributed by atoms with Crippen LogP contribution in [0, 0.1) is 20.8 Å². The number of thiazole rings is 1. The van der Waals surface area contributed by atoms with Crippen LogP contribution in [-0.4, -0.2) is 54.1 Å². The normalized spacial score (nSPS) is 15.3. The van der Waals surface area contributed by atoms with Gasteiger partial charge in [-0.1, -0.05) is 12.1 Å². The molecular weight excluding hydrogens is 454 g/mol. The highest BCUT2D eigenvalue weighted by Gasteiger charge is 2.29. The molecule has 170 valence electrons. The number of aryl methyl sites for hydroxylation is 3. The van der Waals surface area contributed by atoms with Crippen LogP contribution in [0.15, 0.2) is 53.4 Å². The topological polar surface area (TPSA) is 79.3 Å². The van der Waals surface area contributed by atoms with Gasteiger partial charge in [-0.15, -0.1) is 21.5 Å². The fourth-order valence-electron chi connectivity index (χ4n) is 4.04. The molecule has 1 aliphatic heterocycles. The van der Waals surface area contributed by atoms with Gasteiger partial charge in [-0.25, -0.2) is 13.4 Å². The Morgan fingerprint density at radius 3 is 2.33 bits per heavy atom. The van der Waals surface area contributed by atoms with Crippen LogP contribution in [-0.2, 0) is 10.0 Å². The third kappa shape index (κ3) is 4.23. The lowest BCUT2D eigenvalue weighted by atomic mass is 10.0. The molecule has 9 heteroatoms. The fourth-order valence-corrected chi connectivity index (χ4v) is 6.43. The average molecular weight is 480 g/mol. The zero-order valence-corrected chi connectivity index (χ0v) is 20.4. The summed E-state index contributed by atoms with van der Waals surface area (Å²) in [6, 6.07) is 15.4. The highest BCUT2D eigenvalue weighted by Crippen LogP contribution is 2.27. The number of sulfonamides is 1. The summed E-state index contributed by atoms with van der Waals surface area (Å²) in [6.07, 6.45) is 0. The number of hydrogen-bond donors (Lipinski definition) is 0. The number of nitrogens with zero attached hydrogens (tertiary/aromatic N) is 5. The van der Waals surface area contributed by atoms with E-state index < -0.39 is 10.0 Å². The third-order valence-corrected chi connectivity index (χ3v) is 8.95. The van der Waals surface area contributed by atoms with Crippen molar-refractivity contribution >= 4 is 37.4 Å². The van der Waals surface area contributed by atoms with Crippen LogP contribution >= 0.6 is 11.3 Å². The lowest BCUT2D eigenvalue weighted by Gasteiger charge is -2.34. The SMILES string of the molecule is Cc1nc2ccc(S(=O)(=O)N3CCN(c4ccc(-c5ccc(C)c(C)c5)nn4)CC3)cc2s1. The summed E-state index contributed by atoms with van der Waals surface area (Å²) in [5, 5.41) is 9.76. The first-order valence-electron chi connectivity index (χ1n) is 10.8. The van der Waals surface area contributed by atoms with Crippen LogP contribution in [0.2, 0.25) is 0 Å². The summed E-state index contributed by atoms with van der Waals surface area (Å²) >= 11 is 1.51. The van der Waals surface area contributed by atoms with Crippen molar-refractivity contribution in [1.29, 1.82) is 0 Å². The first-order chi connectivity index (χ1) is 15.8. The van der Waals surface area contributed by atoms with E-state index in [1.54, 1.807) is 22.5 Å². The summed E-state index contributed by atoms with van der Waals surface area (Å²) in [4.78, 5) is 6.82. The van der Waals surface area contributed by atoms with Crippen molar-refractivity contribution in [2.45, 2.75) is 25.7 Å². The van der Waals surface area contributed by atoms with Gasteiger partial charge in [0.15, 0.2) is 5.82 Å². The second-order valence-corrected chi connectivity index (χ2v) is 11.5. The van der Waals surface area contributed by atoms with Crippen molar-refractivity contribution in [2.24, 2.45) is 0 Å². The van der Waals surface area contributed by atoms with Crippen LogP contribution in [0.25, 0.3) is 21.5 Å². The summed E-state index contributed by atoms with van der Waals surface area (Å²) in [5.74, 6) is 0.765. The highest BCUT2D eigenvalue weighted by molar-refractivity contribution is 7.89. The van der Waals surface area contributed by atoms with E-state index in [4.69, 9.17) is 0 Å². The Morgan fingerprint density at radius 1 is 0.848 bits per heavy atom. The Bertz CT molecular complexity index is 1420. The molecule has 4 aromatic rings. The smallest absolute Gasteiger partial charge is 0.243 e. The Kier molecular flexibility index (Phi) is 5.64. The number of fused-ring (bicyclic) bond motifs is 1. The summed E-state index contributed by atoms with van der Waals surface area (Å²) < 4.78 is 28.8. The molecular formula is C24H25N5O2S2. The van der Waals surface area contributed by atoms with E-state index in [2.05, 4.69) is 52.1 Å². The molecule has 0 aliphatic carbocycles. The van der Waals surface area contributed by atoms with Crippen LogP contribution in [0.1, 0.15) is 16.1 Å². The molecule has 0 bridgehead atoms. The van der Waals surface area contributed by atoms with E-state index in [0.29, 0.717) is 31.1 Å². The molecule has 0 N–H and O–H groups in total. The van der Waals surface area contributed by atoms with Gasteiger partial charge in [-0.2, -0.15) is 4.31 Å². The molecule has 7 nitrogen and oxygen atoms in total. The monoisotopic (exact) mass is 479 g/mol. The second-order valence-electron chi connectivity index (χ2n) is 8.33. The predicted molar refractivity (Wildman–Crippen MR) is 132 cm³/mol. The van der Waals surface area contributed by atoms with Gasteiger partial charge in [0.25, 0.3) is 0 Å². The van der Waals surface area contributed by atoms with E-state index in [-0.39, 0.29) is 0 Å². The molecule has 0 unspecified atom stereocenters. The molecule has 2 aromatic carbocycles. The number of piperazine rings is 1. The standard InChI is InChI=1S/C24H25N5O2S2/c1-16-4-5-19(14-17(16)2)21-8-9-24(27-26-21)28-10-12-29(13-11-28)33(30,31)20-6-7-22-23(15-20)32-18(3)25-22/h4-9,14-15H,10-13H2,1-3H3. The number of hydrogen-bond acceptors (Lipinski definition) is 7. The van der Waals surface area contributed by atoms with Crippen LogP contribution in [0.5, 0.6) is 0 Å². The van der Waals surface area contributed by atoms with Gasteiger partial charge in [0.1, 0.15) is 0 Å². The summed E-state index contributed by atoms with van der Waals surface area (Å²) in [6.45, 7) is 8.05. The number of rotatable bonds is 4. The van der Waals surface area contributed by atoms with Crippen molar-refractivity contribution in [2.75, 3.05) is 31.1 Å². The minimum atomic E-state index is -3.55. The maximum atomic E-state index is 13.2. The lowest BCUT2D eigenvalue weighted by Crippen LogP contribution is -2.48. The van der Waals surface area contributed by atoms with Crippen molar-refractivity contribution in [1.82, 2.24) is 19.5 Å². The van der Waals surface area contributed by atoms with E-state index in [1.165, 1.54) is 22.5 Å². The Balaban J connectivity index is 1.28. The molecule has 0 atom stereocenters. The Hall–Kier alpha value is -2.88. The first kappa shape index (κ1) is 21.9. The largest absolute Gasteiger partial charge is 0.352 e. The van der Waals surface area contributed by atoms with Gasteiger partial charge in [0.2, 0.25) is 10.0 Å². The van der Waals surface area contributed by atoms with Gasteiger partial charge in [0, 0.05) is 31.7 Å². The van der Waals surface area contributed by atoms with Crippen molar-refractivity contribution < 1.29 is 8.42 Å². The van der Waals surface area contributed by atoms with Gasteiger partial charge >= 0.3 is 0 Å². The zero-order chi connectivity index (χ0) is 23.2. The van der Waals surface area contributed by atoms with Gasteiger partial charge < -0.3 is 4.90 Å². The van der Waals surface area contributed by atoms with E-state index in [1.807, 2.05) is 19.1 Å². The Labute approximate surface area is 197 Å². The molecule has 1 aliphatic rings. The molecule has 0 radical (unpaired) electrons. The molecule has 0 saturated carbocycles. The molecule has 0 spiro atoms. The zero-order valence-electron chi connectivity index (χ0n) is 18.8. The van der Waals surface area contributed by atoms with Crippen molar-refractivity contribution in [3.05, 3.63) is 64.7 Å². The third-order valence-electron chi connectivity index (χ3n) is 6.12. The highest BCUT2D eigenvalue weighted by atomic mass is 32.2. The van der Waals surface area contributed by atoms with Crippen molar-refractivity contribution in [3.8, 4) is 11.3 Å². The minimum absolute atomic E-state index is 0.324. The predicted octanol–water partition coefficient (Wildman–Crippen LogP) is 4.19. The number of anilines is 1. The minimum Gasteiger partial charge on any atom is -0.352 e. The molecule has 1 fully saturated rings. The molecule has 5 rings (SSSR count). The molecule has 2 aromatic heterocycles. The van der Waals surface area contributed by atoms with Crippen LogP contribution in [0.3, 0.4) is 0 Å². The van der Waals surface area contributed by atoms with E-state index >= 15 is 0 Å². The van der Waals surface area contributed by atoms with Crippen molar-refractivity contribution in [3.63, 3.8) is 0 Å². The van der Waals surface area contributed by atoms with Gasteiger partial charge in [-0.3, -0.25) is 0 Å². The lowest BCUT2D eigenvalue weighted by molar-refractivity contribution is 0.383. The maximum absolute atomic E-state index is 13.2. The quantitative estimate of drug-likeness (QED) is 0.437. The average Bonchev–Trinajstić information content (AvgIpc) is 3.20. The molecule has 1 saturated heterocycles. The summed E-state index contributed by atoms with van der Waals surface area (Å²) in [5.41, 5.74) is 5.18. The summed E-state index contributed by atoms with van der Waals surface area (Å²) in [7, 11) is -3.55. The molecule has 33 heavy (non-hydrogen) atoms. The second kappa shape index (κ2) is 8.48. The number of aromatic nitrogens is 3. The number of benzene rings is 2.